The van der Waals surface area contributed by atoms with Crippen molar-refractivity contribution in [2.75, 3.05) is 19.6 Å². The van der Waals surface area contributed by atoms with Crippen LogP contribution in [0.15, 0.2) is 0 Å². The van der Waals surface area contributed by atoms with Crippen molar-refractivity contribution in [3.05, 3.63) is 0 Å². The minimum atomic E-state index is 0.832. The van der Waals surface area contributed by atoms with Crippen LogP contribution in [0.25, 0.3) is 0 Å². The summed E-state index contributed by atoms with van der Waals surface area (Å²) in [5.41, 5.74) is 0. The van der Waals surface area contributed by atoms with Crippen molar-refractivity contribution in [2.45, 2.75) is 58.0 Å². The average Bonchev–Trinajstić information content (AvgIpc) is 2.31. The second kappa shape index (κ2) is 5.31. The second-order valence-electron chi connectivity index (χ2n) is 5.09. The molecule has 0 aromatic carbocycles. The molecule has 3 atom stereocenters. The van der Waals surface area contributed by atoms with Crippen molar-refractivity contribution in [2.24, 2.45) is 5.92 Å². The van der Waals surface area contributed by atoms with Crippen molar-refractivity contribution in [1.82, 2.24) is 10.2 Å². The lowest BCUT2D eigenvalue weighted by Crippen LogP contribution is -2.55. The summed E-state index contributed by atoms with van der Waals surface area (Å²) in [6.45, 7) is 8.31. The molecule has 2 rings (SSSR count). The minimum absolute atomic E-state index is 0.832. The molecule has 88 valence electrons. The highest BCUT2D eigenvalue weighted by molar-refractivity contribution is 4.94. The van der Waals surface area contributed by atoms with Gasteiger partial charge in [-0.25, -0.2) is 0 Å². The molecule has 1 aliphatic heterocycles. The van der Waals surface area contributed by atoms with E-state index in [0.29, 0.717) is 0 Å². The Morgan fingerprint density at radius 1 is 1.07 bits per heavy atom. The van der Waals surface area contributed by atoms with Gasteiger partial charge in [0.2, 0.25) is 0 Å². The van der Waals surface area contributed by atoms with Crippen LogP contribution in [0, 0.1) is 5.92 Å². The number of hydrogen-bond acceptors (Lipinski definition) is 2. The molecule has 1 saturated carbocycles. The van der Waals surface area contributed by atoms with Gasteiger partial charge in [0.15, 0.2) is 0 Å². The molecule has 0 aromatic rings. The molecule has 0 aromatic heterocycles. The van der Waals surface area contributed by atoms with E-state index in [0.717, 1.165) is 18.0 Å². The highest BCUT2D eigenvalue weighted by Crippen LogP contribution is 2.33. The summed E-state index contributed by atoms with van der Waals surface area (Å²) in [7, 11) is 0. The molecule has 2 nitrogen and oxygen atoms in total. The Labute approximate surface area is 94.4 Å². The molecular formula is C13H26N2. The van der Waals surface area contributed by atoms with Gasteiger partial charge in [-0.15, -0.1) is 0 Å². The molecule has 2 aliphatic rings. The van der Waals surface area contributed by atoms with Gasteiger partial charge in [0, 0.05) is 12.1 Å². The van der Waals surface area contributed by atoms with Crippen molar-refractivity contribution in [3.8, 4) is 0 Å². The second-order valence-corrected chi connectivity index (χ2v) is 5.09. The molecule has 0 spiro atoms. The zero-order valence-electron chi connectivity index (χ0n) is 10.3. The molecule has 2 heteroatoms. The Bertz CT molecular complexity index is 187. The van der Waals surface area contributed by atoms with Crippen LogP contribution in [0.5, 0.6) is 0 Å². The fourth-order valence-electron chi connectivity index (χ4n) is 3.65. The van der Waals surface area contributed by atoms with Crippen LogP contribution in [0.1, 0.15) is 46.0 Å². The maximum Gasteiger partial charge on any atom is 0.0150 e. The predicted octanol–water partition coefficient (Wildman–Crippen LogP) is 2.25. The molecule has 1 N–H and O–H groups in total. The monoisotopic (exact) mass is 210 g/mol. The van der Waals surface area contributed by atoms with E-state index < -0.39 is 0 Å². The smallest absolute Gasteiger partial charge is 0.0150 e. The van der Waals surface area contributed by atoms with E-state index >= 15 is 0 Å². The largest absolute Gasteiger partial charge is 0.314 e. The molecule has 0 amide bonds. The fraction of sp³-hybridized carbons (Fsp3) is 1.00. The van der Waals surface area contributed by atoms with Gasteiger partial charge < -0.3 is 10.2 Å². The normalized spacial score (nSPS) is 36.6. The van der Waals surface area contributed by atoms with Crippen LogP contribution < -0.4 is 5.32 Å². The van der Waals surface area contributed by atoms with E-state index in [1.54, 1.807) is 0 Å². The first-order valence-electron chi connectivity index (χ1n) is 6.84. The standard InChI is InChI=1S/C13H26N2/c1-3-15(4-2)13-9-10-14-12-8-6-5-7-11(12)13/h11-14H,3-10H2,1-2H3/t11-,12+,13+/m0/s1. The zero-order chi connectivity index (χ0) is 10.7. The highest BCUT2D eigenvalue weighted by Gasteiger charge is 2.36. The van der Waals surface area contributed by atoms with E-state index in [1.165, 1.54) is 51.7 Å². The van der Waals surface area contributed by atoms with Crippen molar-refractivity contribution in [1.29, 1.82) is 0 Å². The summed E-state index contributed by atoms with van der Waals surface area (Å²) in [5.74, 6) is 0.937. The number of nitrogens with one attached hydrogen (secondary N) is 1. The van der Waals surface area contributed by atoms with E-state index in [4.69, 9.17) is 0 Å². The highest BCUT2D eigenvalue weighted by atomic mass is 15.2. The van der Waals surface area contributed by atoms with Crippen LogP contribution in [0.4, 0.5) is 0 Å². The zero-order valence-corrected chi connectivity index (χ0v) is 10.3. The van der Waals surface area contributed by atoms with Gasteiger partial charge in [-0.1, -0.05) is 26.7 Å². The third-order valence-electron chi connectivity index (χ3n) is 4.44. The molecule has 0 radical (unpaired) electrons. The lowest BCUT2D eigenvalue weighted by Gasteiger charge is -2.46. The molecular weight excluding hydrogens is 184 g/mol. The Hall–Kier alpha value is -0.0800. The Morgan fingerprint density at radius 3 is 2.53 bits per heavy atom. The number of piperidine rings is 1. The molecule has 0 unspecified atom stereocenters. The maximum absolute atomic E-state index is 3.73. The van der Waals surface area contributed by atoms with Crippen LogP contribution in [-0.2, 0) is 0 Å². The molecule has 0 bridgehead atoms. The number of nitrogens with zero attached hydrogens (tertiary/aromatic N) is 1. The van der Waals surface area contributed by atoms with Crippen LogP contribution in [0.3, 0.4) is 0 Å². The van der Waals surface area contributed by atoms with E-state index in [-0.39, 0.29) is 0 Å². The van der Waals surface area contributed by atoms with Gasteiger partial charge in [0.1, 0.15) is 0 Å². The summed E-state index contributed by atoms with van der Waals surface area (Å²) in [6, 6.07) is 1.70. The van der Waals surface area contributed by atoms with Gasteiger partial charge in [0.05, 0.1) is 0 Å². The van der Waals surface area contributed by atoms with E-state index in [9.17, 15) is 0 Å². The number of rotatable bonds is 3. The quantitative estimate of drug-likeness (QED) is 0.768. The third-order valence-corrected chi connectivity index (χ3v) is 4.44. The summed E-state index contributed by atoms with van der Waals surface area (Å²) in [6.07, 6.45) is 7.14. The molecule has 1 saturated heterocycles. The fourth-order valence-corrected chi connectivity index (χ4v) is 3.65. The number of fused-ring (bicyclic) bond motifs is 1. The molecule has 15 heavy (non-hydrogen) atoms. The van der Waals surface area contributed by atoms with Gasteiger partial charge in [-0.3, -0.25) is 0 Å². The van der Waals surface area contributed by atoms with Crippen LogP contribution in [-0.4, -0.2) is 36.6 Å². The SMILES string of the molecule is CCN(CC)[C@@H]1CCN[C@@H]2CCCC[C@H]12. The van der Waals surface area contributed by atoms with Gasteiger partial charge in [0.25, 0.3) is 0 Å². The lowest BCUT2D eigenvalue weighted by molar-refractivity contribution is 0.0697. The third kappa shape index (κ3) is 2.36. The van der Waals surface area contributed by atoms with Crippen LogP contribution in [0.2, 0.25) is 0 Å². The van der Waals surface area contributed by atoms with E-state index in [1.807, 2.05) is 0 Å². The van der Waals surface area contributed by atoms with Gasteiger partial charge >= 0.3 is 0 Å². The van der Waals surface area contributed by atoms with Crippen molar-refractivity contribution < 1.29 is 0 Å². The van der Waals surface area contributed by atoms with Crippen molar-refractivity contribution >= 4 is 0 Å². The number of hydrogen-bond donors (Lipinski definition) is 1. The molecule has 1 aliphatic carbocycles. The summed E-state index contributed by atoms with van der Waals surface area (Å²) < 4.78 is 0. The summed E-state index contributed by atoms with van der Waals surface area (Å²) >= 11 is 0. The van der Waals surface area contributed by atoms with E-state index in [2.05, 4.69) is 24.1 Å². The molecule has 1 heterocycles. The lowest BCUT2D eigenvalue weighted by atomic mass is 9.76. The summed E-state index contributed by atoms with van der Waals surface area (Å²) in [5, 5.41) is 3.73. The van der Waals surface area contributed by atoms with Crippen LogP contribution >= 0.6 is 0 Å². The van der Waals surface area contributed by atoms with Gasteiger partial charge in [-0.2, -0.15) is 0 Å². The first-order chi connectivity index (χ1) is 7.36. The minimum Gasteiger partial charge on any atom is -0.314 e. The average molecular weight is 210 g/mol. The summed E-state index contributed by atoms with van der Waals surface area (Å²) in [4.78, 5) is 2.68. The first-order valence-corrected chi connectivity index (χ1v) is 6.84. The Morgan fingerprint density at radius 2 is 1.80 bits per heavy atom. The molecule has 2 fully saturated rings. The Balaban J connectivity index is 2.02. The Kier molecular flexibility index (Phi) is 4.04. The van der Waals surface area contributed by atoms with Crippen molar-refractivity contribution in [3.63, 3.8) is 0 Å². The topological polar surface area (TPSA) is 15.3 Å². The first kappa shape index (κ1) is 11.4. The maximum atomic E-state index is 3.73. The predicted molar refractivity (Wildman–Crippen MR) is 65.1 cm³/mol. The van der Waals surface area contributed by atoms with Gasteiger partial charge in [-0.05, 0) is 44.8 Å².